The Balaban J connectivity index is 2.39. The summed E-state index contributed by atoms with van der Waals surface area (Å²) < 4.78 is 26.0. The van der Waals surface area contributed by atoms with Gasteiger partial charge in [-0.2, -0.15) is 0 Å². The lowest BCUT2D eigenvalue weighted by Crippen LogP contribution is -2.26. The van der Waals surface area contributed by atoms with Crippen LogP contribution < -0.4 is 4.31 Å². The zero-order valence-corrected chi connectivity index (χ0v) is 11.2. The summed E-state index contributed by atoms with van der Waals surface area (Å²) in [6.07, 6.45) is 0.678. The molecule has 0 saturated heterocycles. The van der Waals surface area contributed by atoms with E-state index in [1.165, 1.54) is 35.6 Å². The van der Waals surface area contributed by atoms with Crippen molar-refractivity contribution in [2.45, 2.75) is 4.90 Å². The molecule has 2 rings (SSSR count). The maximum Gasteiger partial charge on any atom is 0.264 e. The van der Waals surface area contributed by atoms with Crippen LogP contribution in [0.1, 0.15) is 10.4 Å². The Morgan fingerprint density at radius 1 is 0.947 bits per heavy atom. The van der Waals surface area contributed by atoms with Gasteiger partial charge in [0, 0.05) is 12.6 Å². The third-order valence-corrected chi connectivity index (χ3v) is 4.59. The molecule has 0 aromatic heterocycles. The number of aldehydes is 1. The van der Waals surface area contributed by atoms with E-state index in [1.54, 1.807) is 24.3 Å². The highest BCUT2D eigenvalue weighted by molar-refractivity contribution is 7.92. The highest BCUT2D eigenvalue weighted by Gasteiger charge is 2.20. The second-order valence-electron chi connectivity index (χ2n) is 3.99. The first-order valence-corrected chi connectivity index (χ1v) is 7.09. The van der Waals surface area contributed by atoms with E-state index >= 15 is 0 Å². The smallest absolute Gasteiger partial charge is 0.264 e. The van der Waals surface area contributed by atoms with Gasteiger partial charge in [-0.15, -0.1) is 0 Å². The van der Waals surface area contributed by atoms with E-state index in [1.807, 2.05) is 6.07 Å². The third kappa shape index (κ3) is 2.66. The van der Waals surface area contributed by atoms with E-state index < -0.39 is 10.0 Å². The Morgan fingerprint density at radius 3 is 2.05 bits per heavy atom. The van der Waals surface area contributed by atoms with Gasteiger partial charge in [0.25, 0.3) is 10.0 Å². The molecule has 0 unspecified atom stereocenters. The Bertz CT molecular complexity index is 664. The third-order valence-electron chi connectivity index (χ3n) is 2.79. The number of nitrogens with zero attached hydrogens (tertiary/aromatic N) is 1. The van der Waals surface area contributed by atoms with Crippen LogP contribution in [0.4, 0.5) is 5.69 Å². The molecule has 0 aliphatic rings. The number of para-hydroxylation sites is 1. The van der Waals surface area contributed by atoms with Gasteiger partial charge >= 0.3 is 0 Å². The lowest BCUT2D eigenvalue weighted by molar-refractivity contribution is 0.112. The molecule has 0 aliphatic heterocycles. The maximum atomic E-state index is 12.4. The average molecular weight is 275 g/mol. The van der Waals surface area contributed by atoms with Crippen molar-refractivity contribution in [1.82, 2.24) is 0 Å². The molecule has 98 valence electrons. The topological polar surface area (TPSA) is 54.5 Å². The van der Waals surface area contributed by atoms with Gasteiger partial charge in [-0.25, -0.2) is 8.42 Å². The number of hydrogen-bond acceptors (Lipinski definition) is 3. The number of sulfonamides is 1. The summed E-state index contributed by atoms with van der Waals surface area (Å²) in [6.45, 7) is 0. The lowest BCUT2D eigenvalue weighted by atomic mass is 10.2. The molecule has 0 aliphatic carbocycles. The first kappa shape index (κ1) is 13.3. The number of rotatable bonds is 4. The standard InChI is InChI=1S/C14H13NO3S/c1-15(13-5-3-2-4-6-13)19(17,18)14-9-7-12(11-16)8-10-14/h2-11H,1H3. The summed E-state index contributed by atoms with van der Waals surface area (Å²) in [7, 11) is -2.10. The van der Waals surface area contributed by atoms with Gasteiger partial charge in [0.15, 0.2) is 0 Å². The number of hydrogen-bond donors (Lipinski definition) is 0. The van der Waals surface area contributed by atoms with Crippen LogP contribution in [0.3, 0.4) is 0 Å². The van der Waals surface area contributed by atoms with E-state index in [0.717, 1.165) is 0 Å². The van der Waals surface area contributed by atoms with E-state index in [-0.39, 0.29) is 4.90 Å². The molecule has 0 atom stereocenters. The Morgan fingerprint density at radius 2 is 1.53 bits per heavy atom. The maximum absolute atomic E-state index is 12.4. The summed E-state index contributed by atoms with van der Waals surface area (Å²) in [5.41, 5.74) is 1.03. The molecule has 0 N–H and O–H groups in total. The van der Waals surface area contributed by atoms with E-state index in [2.05, 4.69) is 0 Å². The van der Waals surface area contributed by atoms with Crippen molar-refractivity contribution in [2.24, 2.45) is 0 Å². The predicted molar refractivity (Wildman–Crippen MR) is 73.9 cm³/mol. The molecule has 2 aromatic rings. The molecule has 0 fully saturated rings. The molecule has 2 aromatic carbocycles. The molecule has 0 bridgehead atoms. The van der Waals surface area contributed by atoms with Gasteiger partial charge in [-0.1, -0.05) is 30.3 Å². The second kappa shape index (κ2) is 5.24. The zero-order chi connectivity index (χ0) is 13.9. The van der Waals surface area contributed by atoms with Crippen molar-refractivity contribution in [1.29, 1.82) is 0 Å². The Labute approximate surface area is 112 Å². The predicted octanol–water partition coefficient (Wildman–Crippen LogP) is 2.32. The summed E-state index contributed by atoms with van der Waals surface area (Å²) in [6, 6.07) is 14.6. The van der Waals surface area contributed by atoms with E-state index in [0.29, 0.717) is 17.5 Å². The number of carbonyl (C=O) groups is 1. The van der Waals surface area contributed by atoms with Crippen LogP contribution in [0.15, 0.2) is 59.5 Å². The van der Waals surface area contributed by atoms with Gasteiger partial charge in [0.2, 0.25) is 0 Å². The van der Waals surface area contributed by atoms with Gasteiger partial charge < -0.3 is 0 Å². The first-order chi connectivity index (χ1) is 9.05. The van der Waals surface area contributed by atoms with Crippen LogP contribution in [-0.2, 0) is 10.0 Å². The molecule has 5 heteroatoms. The highest BCUT2D eigenvalue weighted by atomic mass is 32.2. The second-order valence-corrected chi connectivity index (χ2v) is 5.96. The number of anilines is 1. The van der Waals surface area contributed by atoms with E-state index in [4.69, 9.17) is 0 Å². The molecule has 0 saturated carbocycles. The fraction of sp³-hybridized carbons (Fsp3) is 0.0714. The molecule has 0 heterocycles. The summed E-state index contributed by atoms with van der Waals surface area (Å²) >= 11 is 0. The van der Waals surface area contributed by atoms with Crippen LogP contribution >= 0.6 is 0 Å². The highest BCUT2D eigenvalue weighted by Crippen LogP contribution is 2.21. The minimum absolute atomic E-state index is 0.157. The zero-order valence-electron chi connectivity index (χ0n) is 10.4. The molecule has 4 nitrogen and oxygen atoms in total. The van der Waals surface area contributed by atoms with Crippen molar-refractivity contribution < 1.29 is 13.2 Å². The minimum atomic E-state index is -3.60. The number of carbonyl (C=O) groups excluding carboxylic acids is 1. The van der Waals surface area contributed by atoms with Crippen LogP contribution in [0.2, 0.25) is 0 Å². The summed E-state index contributed by atoms with van der Waals surface area (Å²) in [5.74, 6) is 0. The first-order valence-electron chi connectivity index (χ1n) is 5.65. The van der Waals surface area contributed by atoms with Crippen molar-refractivity contribution in [3.05, 3.63) is 60.2 Å². The van der Waals surface area contributed by atoms with E-state index in [9.17, 15) is 13.2 Å². The molecular weight excluding hydrogens is 262 g/mol. The van der Waals surface area contributed by atoms with Crippen molar-refractivity contribution in [2.75, 3.05) is 11.4 Å². The Hall–Kier alpha value is -2.14. The van der Waals surface area contributed by atoms with Crippen LogP contribution in [0, 0.1) is 0 Å². The Kier molecular flexibility index (Phi) is 3.66. The van der Waals surface area contributed by atoms with Crippen molar-refractivity contribution in [3.8, 4) is 0 Å². The van der Waals surface area contributed by atoms with Gasteiger partial charge in [0.1, 0.15) is 6.29 Å². The van der Waals surface area contributed by atoms with Crippen LogP contribution in [-0.4, -0.2) is 21.8 Å². The monoisotopic (exact) mass is 275 g/mol. The van der Waals surface area contributed by atoms with Crippen LogP contribution in [0.25, 0.3) is 0 Å². The molecule has 0 radical (unpaired) electrons. The fourth-order valence-corrected chi connectivity index (χ4v) is 2.85. The lowest BCUT2D eigenvalue weighted by Gasteiger charge is -2.19. The SMILES string of the molecule is CN(c1ccccc1)S(=O)(=O)c1ccc(C=O)cc1. The quantitative estimate of drug-likeness (QED) is 0.805. The van der Waals surface area contributed by atoms with Gasteiger partial charge in [-0.05, 0) is 24.3 Å². The van der Waals surface area contributed by atoms with Crippen LogP contribution in [0.5, 0.6) is 0 Å². The molecule has 19 heavy (non-hydrogen) atoms. The number of benzene rings is 2. The minimum Gasteiger partial charge on any atom is -0.298 e. The molecule has 0 amide bonds. The fourth-order valence-electron chi connectivity index (χ4n) is 1.65. The molecular formula is C14H13NO3S. The van der Waals surface area contributed by atoms with Gasteiger partial charge in [-0.3, -0.25) is 9.10 Å². The normalized spacial score (nSPS) is 11.0. The van der Waals surface area contributed by atoms with Crippen molar-refractivity contribution in [3.63, 3.8) is 0 Å². The van der Waals surface area contributed by atoms with Gasteiger partial charge in [0.05, 0.1) is 10.6 Å². The van der Waals surface area contributed by atoms with Crippen molar-refractivity contribution >= 4 is 22.0 Å². The average Bonchev–Trinajstić information content (AvgIpc) is 2.47. The summed E-state index contributed by atoms with van der Waals surface area (Å²) in [4.78, 5) is 10.7. The summed E-state index contributed by atoms with van der Waals surface area (Å²) in [5, 5.41) is 0. The molecule has 0 spiro atoms. The largest absolute Gasteiger partial charge is 0.298 e.